The molecule has 1 aromatic rings. The van der Waals surface area contributed by atoms with Crippen molar-refractivity contribution < 1.29 is 10.0 Å². The fourth-order valence-corrected chi connectivity index (χ4v) is 1.54. The lowest BCUT2D eigenvalue weighted by Crippen LogP contribution is -2.28. The number of amides is 1. The van der Waals surface area contributed by atoms with Crippen LogP contribution in [-0.4, -0.2) is 11.1 Å². The number of rotatable bonds is 2. The fraction of sp³-hybridized carbons (Fsp3) is 0.300. The molecule has 1 aliphatic rings. The molecule has 0 aromatic heterocycles. The second kappa shape index (κ2) is 4.00. The van der Waals surface area contributed by atoms with Gasteiger partial charge >= 0.3 is 0 Å². The minimum Gasteiger partial charge on any atom is -0.281 e. The average molecular weight is 246 g/mol. The first-order chi connectivity index (χ1) is 7.09. The molecule has 0 unspecified atom stereocenters. The molecule has 1 aromatic carbocycles. The summed E-state index contributed by atoms with van der Waals surface area (Å²) >= 11 is 11.5. The summed E-state index contributed by atoms with van der Waals surface area (Å²) in [6.45, 7) is 0. The minimum absolute atomic E-state index is 0.0375. The van der Waals surface area contributed by atoms with Crippen molar-refractivity contribution in [2.45, 2.75) is 12.8 Å². The summed E-state index contributed by atoms with van der Waals surface area (Å²) in [7, 11) is 0. The van der Waals surface area contributed by atoms with Crippen LogP contribution in [0.25, 0.3) is 0 Å². The van der Waals surface area contributed by atoms with E-state index in [1.54, 1.807) is 12.1 Å². The van der Waals surface area contributed by atoms with Crippen LogP contribution in [0.2, 0.25) is 10.0 Å². The quantitative estimate of drug-likeness (QED) is 0.643. The predicted octanol–water partition coefficient (Wildman–Crippen LogP) is 3.13. The second-order valence-corrected chi connectivity index (χ2v) is 4.34. The first-order valence-corrected chi connectivity index (χ1v) is 5.33. The van der Waals surface area contributed by atoms with Gasteiger partial charge in [0.2, 0.25) is 0 Å². The highest BCUT2D eigenvalue weighted by atomic mass is 35.5. The van der Waals surface area contributed by atoms with Crippen molar-refractivity contribution in [3.8, 4) is 0 Å². The maximum absolute atomic E-state index is 11.5. The lowest BCUT2D eigenvalue weighted by molar-refractivity contribution is -0.124. The molecule has 0 spiro atoms. The highest BCUT2D eigenvalue weighted by molar-refractivity contribution is 6.42. The van der Waals surface area contributed by atoms with Crippen LogP contribution in [0.3, 0.4) is 0 Å². The number of hydroxylamine groups is 1. The highest BCUT2D eigenvalue weighted by Gasteiger charge is 2.33. The molecule has 0 atom stereocenters. The van der Waals surface area contributed by atoms with E-state index in [0.29, 0.717) is 20.8 Å². The maximum atomic E-state index is 11.5. The number of hydrogen-bond donors (Lipinski definition) is 1. The van der Waals surface area contributed by atoms with Crippen molar-refractivity contribution >= 4 is 34.8 Å². The summed E-state index contributed by atoms with van der Waals surface area (Å²) in [6, 6.07) is 4.56. The molecule has 2 rings (SSSR count). The Morgan fingerprint density at radius 3 is 2.53 bits per heavy atom. The number of benzene rings is 1. The Hall–Kier alpha value is -0.770. The number of hydrogen-bond acceptors (Lipinski definition) is 2. The molecule has 1 N–H and O–H groups in total. The zero-order chi connectivity index (χ0) is 11.0. The molecule has 0 saturated heterocycles. The third kappa shape index (κ3) is 2.25. The largest absolute Gasteiger partial charge is 0.281 e. The summed E-state index contributed by atoms with van der Waals surface area (Å²) in [5.74, 6) is -0.321. The standard InChI is InChI=1S/C10H9Cl2NO2/c11-8-4-3-7(5-9(8)12)13(15)10(14)6-1-2-6/h3-6,15H,1-2H2. The molecule has 0 aliphatic heterocycles. The van der Waals surface area contributed by atoms with Gasteiger partial charge in [0.15, 0.2) is 0 Å². The van der Waals surface area contributed by atoms with Crippen molar-refractivity contribution in [3.63, 3.8) is 0 Å². The topological polar surface area (TPSA) is 40.5 Å². The Morgan fingerprint density at radius 1 is 1.33 bits per heavy atom. The van der Waals surface area contributed by atoms with Crippen molar-refractivity contribution in [1.82, 2.24) is 0 Å². The number of carbonyl (C=O) groups is 1. The Kier molecular flexibility index (Phi) is 2.87. The zero-order valence-electron chi connectivity index (χ0n) is 7.78. The molecule has 0 radical (unpaired) electrons. The predicted molar refractivity (Wildman–Crippen MR) is 58.5 cm³/mol. The monoisotopic (exact) mass is 245 g/mol. The van der Waals surface area contributed by atoms with Crippen molar-refractivity contribution in [1.29, 1.82) is 0 Å². The molecule has 0 heterocycles. The zero-order valence-corrected chi connectivity index (χ0v) is 9.29. The lowest BCUT2D eigenvalue weighted by Gasteiger charge is -2.14. The van der Waals surface area contributed by atoms with E-state index in [1.807, 2.05) is 0 Å². The Labute approximate surface area is 97.2 Å². The highest BCUT2D eigenvalue weighted by Crippen LogP contribution is 2.33. The van der Waals surface area contributed by atoms with Crippen LogP contribution in [0.4, 0.5) is 5.69 Å². The third-order valence-corrected chi connectivity index (χ3v) is 3.02. The molecule has 1 fully saturated rings. The number of halogens is 2. The van der Waals surface area contributed by atoms with Crippen LogP contribution in [0, 0.1) is 5.92 Å². The maximum Gasteiger partial charge on any atom is 0.253 e. The van der Waals surface area contributed by atoms with E-state index in [-0.39, 0.29) is 11.8 Å². The van der Waals surface area contributed by atoms with Gasteiger partial charge in [0, 0.05) is 5.92 Å². The van der Waals surface area contributed by atoms with E-state index in [2.05, 4.69) is 0 Å². The second-order valence-electron chi connectivity index (χ2n) is 3.52. The molecule has 1 amide bonds. The average Bonchev–Trinajstić information content (AvgIpc) is 3.03. The number of anilines is 1. The molecule has 1 saturated carbocycles. The molecule has 1 aliphatic carbocycles. The normalized spacial score (nSPS) is 15.1. The van der Waals surface area contributed by atoms with Gasteiger partial charge in [0.1, 0.15) is 0 Å². The third-order valence-electron chi connectivity index (χ3n) is 2.28. The van der Waals surface area contributed by atoms with E-state index < -0.39 is 0 Å². The van der Waals surface area contributed by atoms with E-state index >= 15 is 0 Å². The van der Waals surface area contributed by atoms with E-state index in [1.165, 1.54) is 6.07 Å². The number of nitrogens with zero attached hydrogens (tertiary/aromatic N) is 1. The van der Waals surface area contributed by atoms with Gasteiger partial charge in [0.25, 0.3) is 5.91 Å². The minimum atomic E-state index is -0.284. The molecule has 15 heavy (non-hydrogen) atoms. The van der Waals surface area contributed by atoms with Gasteiger partial charge < -0.3 is 0 Å². The molecule has 5 heteroatoms. The van der Waals surface area contributed by atoms with E-state index in [0.717, 1.165) is 12.8 Å². The SMILES string of the molecule is O=C(C1CC1)N(O)c1ccc(Cl)c(Cl)c1. The number of carbonyl (C=O) groups excluding carboxylic acids is 1. The van der Waals surface area contributed by atoms with Crippen molar-refractivity contribution in [3.05, 3.63) is 28.2 Å². The van der Waals surface area contributed by atoms with Crippen LogP contribution in [0.5, 0.6) is 0 Å². The lowest BCUT2D eigenvalue weighted by atomic mass is 10.3. The fourth-order valence-electron chi connectivity index (χ4n) is 1.25. The first-order valence-electron chi connectivity index (χ1n) is 4.57. The van der Waals surface area contributed by atoms with Gasteiger partial charge in [-0.15, -0.1) is 0 Å². The molecule has 0 bridgehead atoms. The summed E-state index contributed by atoms with van der Waals surface area (Å²) < 4.78 is 0. The van der Waals surface area contributed by atoms with Crippen LogP contribution < -0.4 is 5.06 Å². The summed E-state index contributed by atoms with van der Waals surface area (Å²) in [5.41, 5.74) is 0.348. The van der Waals surface area contributed by atoms with Gasteiger partial charge in [-0.05, 0) is 31.0 Å². The first kappa shape index (κ1) is 10.7. The van der Waals surface area contributed by atoms with Crippen LogP contribution >= 0.6 is 23.2 Å². The molecule has 80 valence electrons. The van der Waals surface area contributed by atoms with Gasteiger partial charge in [-0.25, -0.2) is 0 Å². The van der Waals surface area contributed by atoms with Gasteiger partial charge in [-0.2, -0.15) is 5.06 Å². The molecule has 3 nitrogen and oxygen atoms in total. The Morgan fingerprint density at radius 2 is 2.00 bits per heavy atom. The van der Waals surface area contributed by atoms with Gasteiger partial charge in [-0.3, -0.25) is 10.0 Å². The van der Waals surface area contributed by atoms with Crippen molar-refractivity contribution in [2.75, 3.05) is 5.06 Å². The molecular weight excluding hydrogens is 237 g/mol. The van der Waals surface area contributed by atoms with Crippen LogP contribution in [0.1, 0.15) is 12.8 Å². The molecular formula is C10H9Cl2NO2. The van der Waals surface area contributed by atoms with Crippen LogP contribution in [-0.2, 0) is 4.79 Å². The Balaban J connectivity index is 2.20. The van der Waals surface area contributed by atoms with Crippen molar-refractivity contribution in [2.24, 2.45) is 5.92 Å². The van der Waals surface area contributed by atoms with Crippen LogP contribution in [0.15, 0.2) is 18.2 Å². The van der Waals surface area contributed by atoms with E-state index in [9.17, 15) is 10.0 Å². The van der Waals surface area contributed by atoms with E-state index in [4.69, 9.17) is 23.2 Å². The van der Waals surface area contributed by atoms with Gasteiger partial charge in [-0.1, -0.05) is 23.2 Å². The summed E-state index contributed by atoms with van der Waals surface area (Å²) in [6.07, 6.45) is 1.69. The smallest absolute Gasteiger partial charge is 0.253 e. The summed E-state index contributed by atoms with van der Waals surface area (Å²) in [4.78, 5) is 11.5. The summed E-state index contributed by atoms with van der Waals surface area (Å²) in [5, 5.41) is 10.9. The Bertz CT molecular complexity index is 404. The van der Waals surface area contributed by atoms with Gasteiger partial charge in [0.05, 0.1) is 15.7 Å².